The first-order valence-electron chi connectivity index (χ1n) is 12.9. The summed E-state index contributed by atoms with van der Waals surface area (Å²) < 4.78 is 28.7. The van der Waals surface area contributed by atoms with Crippen molar-refractivity contribution in [3.05, 3.63) is 65.9 Å². The number of hydrogen-bond acceptors (Lipinski definition) is 8. The molecule has 2 unspecified atom stereocenters. The van der Waals surface area contributed by atoms with Gasteiger partial charge in [0.1, 0.15) is 11.9 Å². The predicted octanol–water partition coefficient (Wildman–Crippen LogP) is 3.89. The molecule has 4 fully saturated rings. The molecular weight excluding hydrogens is 500 g/mol. The Bertz CT molecular complexity index is 1690. The summed E-state index contributed by atoms with van der Waals surface area (Å²) in [5.41, 5.74) is 2.12. The fourth-order valence-corrected chi connectivity index (χ4v) is 7.48. The summed E-state index contributed by atoms with van der Waals surface area (Å²) in [5.74, 6) is 2.54. The van der Waals surface area contributed by atoms with E-state index in [9.17, 15) is 13.7 Å². The number of piperazine rings is 1. The van der Waals surface area contributed by atoms with E-state index < -0.39 is 10.0 Å². The minimum atomic E-state index is -3.81. The first kappa shape index (κ1) is 23.1. The van der Waals surface area contributed by atoms with Crippen molar-refractivity contribution in [1.82, 2.24) is 24.5 Å². The van der Waals surface area contributed by atoms with Crippen molar-refractivity contribution in [2.24, 2.45) is 0 Å². The van der Waals surface area contributed by atoms with E-state index in [-0.39, 0.29) is 22.5 Å². The van der Waals surface area contributed by atoms with Gasteiger partial charge in [0.2, 0.25) is 16.0 Å². The fraction of sp³-hybridized carbons (Fsp3) is 0.333. The van der Waals surface area contributed by atoms with Crippen LogP contribution in [-0.4, -0.2) is 58.1 Å². The molecule has 38 heavy (non-hydrogen) atoms. The standard InChI is InChI=1S/C27H26N8O2S/c28-14-18-5-1-4-8-24(18)38(36,37)35-16-19-11-12-20(35)15-34(19)27-29-22-7-3-2-6-21(22)26(31-27)30-25-13-23(32-33-25)17-9-10-17/h1-8,13,17,19-20H,9-12,15-16H2,(H2,29,30,31,32,33). The first-order valence-corrected chi connectivity index (χ1v) is 14.3. The van der Waals surface area contributed by atoms with Crippen LogP contribution in [0, 0.1) is 11.3 Å². The Labute approximate surface area is 220 Å². The zero-order valence-electron chi connectivity index (χ0n) is 20.6. The molecule has 11 heteroatoms. The Hall–Kier alpha value is -4.01. The third kappa shape index (κ3) is 3.88. The van der Waals surface area contributed by atoms with Crippen LogP contribution in [0.4, 0.5) is 17.6 Å². The first-order chi connectivity index (χ1) is 18.5. The second kappa shape index (κ2) is 8.79. The molecule has 2 aromatic carbocycles. The quantitative estimate of drug-likeness (QED) is 0.387. The Balaban J connectivity index is 1.20. The maximum atomic E-state index is 13.6. The molecule has 3 aliphatic heterocycles. The van der Waals surface area contributed by atoms with Crippen LogP contribution in [0.25, 0.3) is 10.9 Å². The summed E-state index contributed by atoms with van der Waals surface area (Å²) in [7, 11) is -3.81. The zero-order chi connectivity index (χ0) is 25.9. The number of aromatic amines is 1. The lowest BCUT2D eigenvalue weighted by Crippen LogP contribution is -2.64. The highest BCUT2D eigenvalue weighted by atomic mass is 32.2. The molecule has 8 rings (SSSR count). The van der Waals surface area contributed by atoms with Gasteiger partial charge in [-0.1, -0.05) is 24.3 Å². The van der Waals surface area contributed by atoms with Gasteiger partial charge in [0, 0.05) is 48.2 Å². The number of benzene rings is 2. The van der Waals surface area contributed by atoms with Crippen molar-refractivity contribution in [2.75, 3.05) is 23.3 Å². The Kier molecular flexibility index (Phi) is 5.35. The molecule has 1 aliphatic carbocycles. The second-order valence-electron chi connectivity index (χ2n) is 10.2. The number of para-hydroxylation sites is 1. The molecule has 2 aromatic heterocycles. The molecule has 2 bridgehead atoms. The maximum absolute atomic E-state index is 13.6. The van der Waals surface area contributed by atoms with Gasteiger partial charge in [0.25, 0.3) is 0 Å². The van der Waals surface area contributed by atoms with Gasteiger partial charge in [-0.25, -0.2) is 13.4 Å². The molecule has 1 saturated carbocycles. The third-order valence-corrected chi connectivity index (χ3v) is 9.76. The number of fused-ring (bicyclic) bond motifs is 4. The molecule has 3 saturated heterocycles. The van der Waals surface area contributed by atoms with Gasteiger partial charge in [-0.05, 0) is 49.9 Å². The topological polar surface area (TPSA) is 131 Å². The van der Waals surface area contributed by atoms with E-state index >= 15 is 0 Å². The molecule has 4 aliphatic rings. The fourth-order valence-electron chi connectivity index (χ4n) is 5.65. The number of H-pyrrole nitrogens is 1. The molecule has 0 spiro atoms. The lowest BCUT2D eigenvalue weighted by Gasteiger charge is -2.50. The van der Waals surface area contributed by atoms with E-state index in [0.29, 0.717) is 30.8 Å². The smallest absolute Gasteiger partial charge is 0.244 e. The number of nitrogens with zero attached hydrogens (tertiary/aromatic N) is 6. The van der Waals surface area contributed by atoms with Crippen LogP contribution in [0.3, 0.4) is 0 Å². The SMILES string of the molecule is N#Cc1ccccc1S(=O)(=O)N1CC2CCC1CN2c1nc(Nc2cc(C3CC3)[nH]n2)c2ccccc2n1. The van der Waals surface area contributed by atoms with E-state index in [1.54, 1.807) is 22.5 Å². The molecule has 2 atom stereocenters. The van der Waals surface area contributed by atoms with Crippen LogP contribution < -0.4 is 10.2 Å². The largest absolute Gasteiger partial charge is 0.335 e. The van der Waals surface area contributed by atoms with E-state index in [1.807, 2.05) is 36.4 Å². The summed E-state index contributed by atoms with van der Waals surface area (Å²) >= 11 is 0. The summed E-state index contributed by atoms with van der Waals surface area (Å²) in [4.78, 5) is 12.0. The highest BCUT2D eigenvalue weighted by Crippen LogP contribution is 2.40. The summed E-state index contributed by atoms with van der Waals surface area (Å²) in [6.45, 7) is 0.820. The number of rotatable bonds is 6. The molecule has 0 radical (unpaired) electrons. The molecule has 192 valence electrons. The molecule has 5 heterocycles. The van der Waals surface area contributed by atoms with Gasteiger partial charge < -0.3 is 10.2 Å². The second-order valence-corrected chi connectivity index (χ2v) is 12.1. The number of anilines is 3. The summed E-state index contributed by atoms with van der Waals surface area (Å²) in [5, 5.41) is 21.3. The van der Waals surface area contributed by atoms with Crippen molar-refractivity contribution >= 4 is 38.5 Å². The predicted molar refractivity (Wildman–Crippen MR) is 143 cm³/mol. The van der Waals surface area contributed by atoms with Crippen molar-refractivity contribution in [2.45, 2.75) is 48.6 Å². The Morgan fingerprint density at radius 2 is 1.76 bits per heavy atom. The van der Waals surface area contributed by atoms with E-state index in [2.05, 4.69) is 20.4 Å². The average Bonchev–Trinajstić information content (AvgIpc) is 3.71. The number of piperidine rings is 2. The molecule has 0 amide bonds. The van der Waals surface area contributed by atoms with Crippen LogP contribution in [0.1, 0.15) is 42.9 Å². The van der Waals surface area contributed by atoms with Crippen LogP contribution in [0.15, 0.2) is 59.5 Å². The number of nitriles is 1. The van der Waals surface area contributed by atoms with Gasteiger partial charge in [0.15, 0.2) is 5.82 Å². The minimum absolute atomic E-state index is 0.0649. The highest BCUT2D eigenvalue weighted by Gasteiger charge is 2.46. The molecular formula is C27H26N8O2S. The van der Waals surface area contributed by atoms with Crippen LogP contribution in [0.2, 0.25) is 0 Å². The number of nitrogens with one attached hydrogen (secondary N) is 2. The summed E-state index contributed by atoms with van der Waals surface area (Å²) in [6.07, 6.45) is 3.98. The lowest BCUT2D eigenvalue weighted by molar-refractivity contribution is 0.178. The molecule has 4 aromatic rings. The monoisotopic (exact) mass is 526 g/mol. The van der Waals surface area contributed by atoms with Gasteiger partial charge in [-0.3, -0.25) is 5.10 Å². The van der Waals surface area contributed by atoms with Crippen molar-refractivity contribution < 1.29 is 8.42 Å². The average molecular weight is 527 g/mol. The maximum Gasteiger partial charge on any atom is 0.244 e. The summed E-state index contributed by atoms with van der Waals surface area (Å²) in [6, 6.07) is 18.0. The Morgan fingerprint density at radius 3 is 2.55 bits per heavy atom. The normalized spacial score (nSPS) is 21.5. The number of aromatic nitrogens is 4. The van der Waals surface area contributed by atoms with Crippen LogP contribution >= 0.6 is 0 Å². The van der Waals surface area contributed by atoms with Crippen molar-refractivity contribution in [1.29, 1.82) is 5.26 Å². The zero-order valence-corrected chi connectivity index (χ0v) is 21.4. The lowest BCUT2D eigenvalue weighted by atomic mass is 9.93. The molecule has 10 nitrogen and oxygen atoms in total. The number of hydrogen-bond donors (Lipinski definition) is 2. The van der Waals surface area contributed by atoms with Gasteiger partial charge >= 0.3 is 0 Å². The minimum Gasteiger partial charge on any atom is -0.335 e. The van der Waals surface area contributed by atoms with Gasteiger partial charge in [-0.2, -0.15) is 19.6 Å². The van der Waals surface area contributed by atoms with Crippen LogP contribution in [0.5, 0.6) is 0 Å². The van der Waals surface area contributed by atoms with Crippen LogP contribution in [-0.2, 0) is 10.0 Å². The third-order valence-electron chi connectivity index (χ3n) is 7.78. The van der Waals surface area contributed by atoms with Crippen molar-refractivity contribution in [3.63, 3.8) is 0 Å². The van der Waals surface area contributed by atoms with E-state index in [4.69, 9.17) is 9.97 Å². The Morgan fingerprint density at radius 1 is 0.974 bits per heavy atom. The van der Waals surface area contributed by atoms with E-state index in [0.717, 1.165) is 35.3 Å². The van der Waals surface area contributed by atoms with Gasteiger partial charge in [0.05, 0.1) is 16.0 Å². The highest BCUT2D eigenvalue weighted by molar-refractivity contribution is 7.89. The number of sulfonamides is 1. The molecule has 2 N–H and O–H groups in total. The van der Waals surface area contributed by atoms with E-state index in [1.165, 1.54) is 18.9 Å². The van der Waals surface area contributed by atoms with Gasteiger partial charge in [-0.15, -0.1) is 0 Å². The van der Waals surface area contributed by atoms with Crippen molar-refractivity contribution in [3.8, 4) is 6.07 Å².